The molecule has 0 aromatic carbocycles. The number of fused-ring (bicyclic) bond motifs is 1. The molecule has 9 heteroatoms. The Morgan fingerprint density at radius 3 is 2.80 bits per heavy atom. The van der Waals surface area contributed by atoms with Crippen LogP contribution in [0, 0.1) is 5.82 Å². The quantitative estimate of drug-likeness (QED) is 0.816. The second kappa shape index (κ2) is 4.22. The molecule has 20 heavy (non-hydrogen) atoms. The van der Waals surface area contributed by atoms with Crippen LogP contribution < -0.4 is 10.6 Å². The second-order valence-electron chi connectivity index (χ2n) is 4.68. The summed E-state index contributed by atoms with van der Waals surface area (Å²) < 4.78 is 53.1. The van der Waals surface area contributed by atoms with E-state index in [1.54, 1.807) is 0 Å². The highest BCUT2D eigenvalue weighted by atomic mass is 19.4. The van der Waals surface area contributed by atoms with Crippen LogP contribution in [0.25, 0.3) is 5.65 Å². The maximum atomic E-state index is 13.3. The number of anilines is 2. The molecule has 1 fully saturated rings. The number of pyridine rings is 1. The standard InChI is InChI=1S/C11H11F4N5/c12-6-5-20-9(4-7(6)16)17-10(18-20)19-3-1-2-8(19)11(13,14)15/h4-5,8H,1-3,16H2/t8-/m1/s1. The second-order valence-corrected chi connectivity index (χ2v) is 4.68. The van der Waals surface area contributed by atoms with Gasteiger partial charge in [-0.1, -0.05) is 0 Å². The molecule has 108 valence electrons. The number of nitrogens with zero attached hydrogens (tertiary/aromatic N) is 4. The van der Waals surface area contributed by atoms with Crippen LogP contribution in [0.3, 0.4) is 0 Å². The predicted octanol–water partition coefficient (Wildman–Crippen LogP) is 1.98. The predicted molar refractivity (Wildman–Crippen MR) is 63.8 cm³/mol. The average Bonchev–Trinajstić information content (AvgIpc) is 2.94. The zero-order chi connectivity index (χ0) is 14.5. The molecule has 0 saturated carbocycles. The molecule has 0 unspecified atom stereocenters. The minimum absolute atomic E-state index is 0.00948. The number of alkyl halides is 3. The topological polar surface area (TPSA) is 59.5 Å². The van der Waals surface area contributed by atoms with E-state index in [1.807, 2.05) is 0 Å². The Balaban J connectivity index is 2.02. The fourth-order valence-electron chi connectivity index (χ4n) is 2.38. The zero-order valence-corrected chi connectivity index (χ0v) is 10.2. The number of halogens is 4. The molecule has 2 aromatic rings. The van der Waals surface area contributed by atoms with Crippen molar-refractivity contribution < 1.29 is 17.6 Å². The van der Waals surface area contributed by atoms with Crippen LogP contribution in [0.4, 0.5) is 29.2 Å². The first-order chi connectivity index (χ1) is 9.36. The molecule has 2 N–H and O–H groups in total. The van der Waals surface area contributed by atoms with Gasteiger partial charge in [-0.2, -0.15) is 18.2 Å². The Labute approximate surface area is 111 Å². The van der Waals surface area contributed by atoms with Crippen LogP contribution >= 0.6 is 0 Å². The van der Waals surface area contributed by atoms with Crippen molar-refractivity contribution in [1.29, 1.82) is 0 Å². The lowest BCUT2D eigenvalue weighted by Crippen LogP contribution is -2.41. The molecule has 1 atom stereocenters. The summed E-state index contributed by atoms with van der Waals surface area (Å²) in [5.74, 6) is -0.752. The van der Waals surface area contributed by atoms with Crippen molar-refractivity contribution in [3.05, 3.63) is 18.1 Å². The lowest BCUT2D eigenvalue weighted by Gasteiger charge is -2.24. The molecule has 1 aliphatic heterocycles. The van der Waals surface area contributed by atoms with Gasteiger partial charge in [0.2, 0.25) is 5.95 Å². The van der Waals surface area contributed by atoms with Gasteiger partial charge in [-0.25, -0.2) is 8.91 Å². The smallest absolute Gasteiger partial charge is 0.396 e. The van der Waals surface area contributed by atoms with Crippen molar-refractivity contribution in [2.24, 2.45) is 0 Å². The van der Waals surface area contributed by atoms with E-state index < -0.39 is 18.0 Å². The van der Waals surface area contributed by atoms with E-state index in [9.17, 15) is 17.6 Å². The number of hydrogen-bond acceptors (Lipinski definition) is 4. The van der Waals surface area contributed by atoms with E-state index in [4.69, 9.17) is 5.73 Å². The molecule has 0 spiro atoms. The lowest BCUT2D eigenvalue weighted by molar-refractivity contribution is -0.146. The minimum Gasteiger partial charge on any atom is -0.396 e. The van der Waals surface area contributed by atoms with Crippen molar-refractivity contribution >= 4 is 17.3 Å². The van der Waals surface area contributed by atoms with Crippen LogP contribution in [0.2, 0.25) is 0 Å². The SMILES string of the molecule is Nc1cc2nc(N3CCC[C@@H]3C(F)(F)F)nn2cc1F. The maximum Gasteiger partial charge on any atom is 0.408 e. The van der Waals surface area contributed by atoms with Gasteiger partial charge in [0.25, 0.3) is 0 Å². The van der Waals surface area contributed by atoms with Gasteiger partial charge in [0.05, 0.1) is 11.9 Å². The minimum atomic E-state index is -4.34. The van der Waals surface area contributed by atoms with E-state index in [1.165, 1.54) is 6.07 Å². The van der Waals surface area contributed by atoms with Crippen molar-refractivity contribution in [3.63, 3.8) is 0 Å². The zero-order valence-electron chi connectivity index (χ0n) is 10.2. The number of hydrogen-bond donors (Lipinski definition) is 1. The molecule has 3 rings (SSSR count). The molecular formula is C11H11F4N5. The summed E-state index contributed by atoms with van der Waals surface area (Å²) in [6.45, 7) is 0.221. The van der Waals surface area contributed by atoms with Crippen molar-refractivity contribution in [2.45, 2.75) is 25.1 Å². The number of nitrogen functional groups attached to an aromatic ring is 1. The van der Waals surface area contributed by atoms with Crippen LogP contribution in [0.5, 0.6) is 0 Å². The van der Waals surface area contributed by atoms with Gasteiger partial charge in [-0.15, -0.1) is 5.10 Å². The average molecular weight is 289 g/mol. The number of rotatable bonds is 1. The Kier molecular flexibility index (Phi) is 2.73. The van der Waals surface area contributed by atoms with Gasteiger partial charge in [0.15, 0.2) is 11.5 Å². The summed E-state index contributed by atoms with van der Waals surface area (Å²) in [6.07, 6.45) is -2.91. The third-order valence-electron chi connectivity index (χ3n) is 3.33. The highest BCUT2D eigenvalue weighted by molar-refractivity contribution is 5.54. The lowest BCUT2D eigenvalue weighted by atomic mass is 10.2. The van der Waals surface area contributed by atoms with Crippen molar-refractivity contribution in [1.82, 2.24) is 14.6 Å². The summed E-state index contributed by atoms with van der Waals surface area (Å²) in [6, 6.07) is -0.355. The van der Waals surface area contributed by atoms with Gasteiger partial charge in [0, 0.05) is 12.6 Å². The van der Waals surface area contributed by atoms with Gasteiger partial charge >= 0.3 is 6.18 Å². The van der Waals surface area contributed by atoms with Crippen LogP contribution in [-0.4, -0.2) is 33.4 Å². The molecule has 3 heterocycles. The third-order valence-corrected chi connectivity index (χ3v) is 3.33. The summed E-state index contributed by atoms with van der Waals surface area (Å²) in [5.41, 5.74) is 5.49. The highest BCUT2D eigenvalue weighted by Gasteiger charge is 2.47. The maximum absolute atomic E-state index is 13.3. The summed E-state index contributed by atoms with van der Waals surface area (Å²) in [7, 11) is 0. The van der Waals surface area contributed by atoms with Crippen molar-refractivity contribution in [3.8, 4) is 0 Å². The van der Waals surface area contributed by atoms with Gasteiger partial charge in [-0.3, -0.25) is 0 Å². The fraction of sp³-hybridized carbons (Fsp3) is 0.455. The Morgan fingerprint density at radius 1 is 1.35 bits per heavy atom. The van der Waals surface area contributed by atoms with Crippen LogP contribution in [0.15, 0.2) is 12.3 Å². The first kappa shape index (κ1) is 12.9. The normalized spacial score (nSPS) is 20.0. The molecule has 1 aliphatic rings. The number of nitrogens with two attached hydrogens (primary N) is 1. The van der Waals surface area contributed by atoms with Gasteiger partial charge in [0.1, 0.15) is 6.04 Å². The largest absolute Gasteiger partial charge is 0.408 e. The molecule has 2 aromatic heterocycles. The fourth-order valence-corrected chi connectivity index (χ4v) is 2.38. The van der Waals surface area contributed by atoms with E-state index in [-0.39, 0.29) is 30.2 Å². The molecule has 0 aliphatic carbocycles. The number of aromatic nitrogens is 3. The van der Waals surface area contributed by atoms with Gasteiger partial charge < -0.3 is 10.6 Å². The summed E-state index contributed by atoms with van der Waals surface area (Å²) in [5, 5.41) is 3.90. The Morgan fingerprint density at radius 2 is 2.10 bits per heavy atom. The van der Waals surface area contributed by atoms with Crippen molar-refractivity contribution in [2.75, 3.05) is 17.2 Å². The van der Waals surface area contributed by atoms with E-state index >= 15 is 0 Å². The molecular weight excluding hydrogens is 278 g/mol. The van der Waals surface area contributed by atoms with Crippen LogP contribution in [-0.2, 0) is 0 Å². The van der Waals surface area contributed by atoms with E-state index in [0.717, 1.165) is 15.6 Å². The highest BCUT2D eigenvalue weighted by Crippen LogP contribution is 2.34. The Bertz CT molecular complexity index is 611. The first-order valence-electron chi connectivity index (χ1n) is 6.01. The molecule has 5 nitrogen and oxygen atoms in total. The first-order valence-corrected chi connectivity index (χ1v) is 6.01. The molecule has 0 radical (unpaired) electrons. The summed E-state index contributed by atoms with van der Waals surface area (Å²) >= 11 is 0. The molecule has 0 amide bonds. The monoisotopic (exact) mass is 289 g/mol. The molecule has 0 bridgehead atoms. The van der Waals surface area contributed by atoms with Gasteiger partial charge in [-0.05, 0) is 12.8 Å². The van der Waals surface area contributed by atoms with E-state index in [2.05, 4.69) is 10.1 Å². The summed E-state index contributed by atoms with van der Waals surface area (Å²) in [4.78, 5) is 5.09. The Hall–Kier alpha value is -2.06. The molecule has 1 saturated heterocycles. The van der Waals surface area contributed by atoms with E-state index in [0.29, 0.717) is 6.42 Å². The third kappa shape index (κ3) is 2.02. The van der Waals surface area contributed by atoms with Crippen LogP contribution in [0.1, 0.15) is 12.8 Å².